The fraction of sp³-hybridized carbons (Fsp3) is 0.429. The van der Waals surface area contributed by atoms with Crippen LogP contribution >= 0.6 is 0 Å². The molecule has 102 valence electrons. The fourth-order valence-electron chi connectivity index (χ4n) is 2.11. The number of hydrogen-bond donors (Lipinski definition) is 0. The zero-order valence-electron chi connectivity index (χ0n) is 10.7. The van der Waals surface area contributed by atoms with Gasteiger partial charge in [-0.25, -0.2) is 9.18 Å². The van der Waals surface area contributed by atoms with E-state index in [1.54, 1.807) is 0 Å². The van der Waals surface area contributed by atoms with Crippen molar-refractivity contribution in [3.05, 3.63) is 35.9 Å². The normalized spacial score (nSPS) is 22.3. The molecule has 1 heterocycles. The van der Waals surface area contributed by atoms with Gasteiger partial charge >= 0.3 is 6.09 Å². The number of ether oxygens (including phenoxy) is 1. The molecule has 1 amide bonds. The molecular formula is C14H16FNO3. The maximum atomic E-state index is 13.5. The second-order valence-electron chi connectivity index (χ2n) is 4.68. The molecule has 1 fully saturated rings. The Hall–Kier alpha value is -1.91. The molecule has 0 N–H and O–H groups in total. The Labute approximate surface area is 111 Å². The van der Waals surface area contributed by atoms with Crippen molar-refractivity contribution in [2.75, 3.05) is 13.1 Å². The average Bonchev–Trinajstić information content (AvgIpc) is 2.79. The van der Waals surface area contributed by atoms with Crippen LogP contribution in [0.4, 0.5) is 9.18 Å². The lowest BCUT2D eigenvalue weighted by Gasteiger charge is -2.15. The third-order valence-electron chi connectivity index (χ3n) is 3.23. The van der Waals surface area contributed by atoms with E-state index in [0.717, 1.165) is 5.56 Å². The number of Topliss-reactive ketones (excluding diaryl/α,β-unsaturated/α-hetero) is 1. The van der Waals surface area contributed by atoms with Gasteiger partial charge in [-0.1, -0.05) is 30.3 Å². The first-order valence-electron chi connectivity index (χ1n) is 6.18. The zero-order chi connectivity index (χ0) is 13.8. The summed E-state index contributed by atoms with van der Waals surface area (Å²) in [5.74, 6) is -0.949. The highest BCUT2D eigenvalue weighted by Crippen LogP contribution is 2.21. The quantitative estimate of drug-likeness (QED) is 0.841. The van der Waals surface area contributed by atoms with Crippen molar-refractivity contribution in [3.8, 4) is 0 Å². The van der Waals surface area contributed by atoms with Gasteiger partial charge in [-0.3, -0.25) is 4.79 Å². The van der Waals surface area contributed by atoms with E-state index in [1.807, 2.05) is 30.3 Å². The zero-order valence-corrected chi connectivity index (χ0v) is 10.7. The second-order valence-corrected chi connectivity index (χ2v) is 4.68. The molecule has 0 bridgehead atoms. The summed E-state index contributed by atoms with van der Waals surface area (Å²) in [7, 11) is 0. The maximum Gasteiger partial charge on any atom is 0.410 e. The van der Waals surface area contributed by atoms with Gasteiger partial charge in [0.2, 0.25) is 0 Å². The first-order valence-corrected chi connectivity index (χ1v) is 6.18. The number of halogens is 1. The Morgan fingerprint density at radius 1 is 1.32 bits per heavy atom. The standard InChI is InChI=1S/C14H16FNO3/c1-10(17)12-7-16(8-13(12)15)14(18)19-9-11-5-3-2-4-6-11/h2-6,12-13H,7-9H2,1H3. The molecule has 0 radical (unpaired) electrons. The molecule has 1 aromatic carbocycles. The number of carbonyl (C=O) groups excluding carboxylic acids is 2. The SMILES string of the molecule is CC(=O)C1CN(C(=O)OCc2ccccc2)CC1F. The predicted molar refractivity (Wildman–Crippen MR) is 67.3 cm³/mol. The summed E-state index contributed by atoms with van der Waals surface area (Å²) in [5, 5.41) is 0. The molecule has 1 saturated heterocycles. The summed E-state index contributed by atoms with van der Waals surface area (Å²) in [6.45, 7) is 1.52. The number of rotatable bonds is 3. The van der Waals surface area contributed by atoms with E-state index in [1.165, 1.54) is 11.8 Å². The third kappa shape index (κ3) is 3.30. The average molecular weight is 265 g/mol. The van der Waals surface area contributed by atoms with Crippen LogP contribution < -0.4 is 0 Å². The van der Waals surface area contributed by atoms with Crippen LogP contribution in [-0.2, 0) is 16.1 Å². The van der Waals surface area contributed by atoms with Gasteiger partial charge in [-0.05, 0) is 12.5 Å². The lowest BCUT2D eigenvalue weighted by molar-refractivity contribution is -0.121. The van der Waals surface area contributed by atoms with Crippen LogP contribution in [0.25, 0.3) is 0 Å². The molecular weight excluding hydrogens is 249 g/mol. The molecule has 5 heteroatoms. The van der Waals surface area contributed by atoms with Crippen molar-refractivity contribution in [2.45, 2.75) is 19.7 Å². The van der Waals surface area contributed by atoms with Gasteiger partial charge in [-0.2, -0.15) is 0 Å². The number of likely N-dealkylation sites (tertiary alicyclic amines) is 1. The highest BCUT2D eigenvalue weighted by atomic mass is 19.1. The number of benzene rings is 1. The Kier molecular flexibility index (Phi) is 4.14. The summed E-state index contributed by atoms with van der Waals surface area (Å²) in [6.07, 6.45) is -1.86. The smallest absolute Gasteiger partial charge is 0.410 e. The Balaban J connectivity index is 1.86. The van der Waals surface area contributed by atoms with Crippen molar-refractivity contribution < 1.29 is 18.7 Å². The fourth-order valence-corrected chi connectivity index (χ4v) is 2.11. The summed E-state index contributed by atoms with van der Waals surface area (Å²) >= 11 is 0. The van der Waals surface area contributed by atoms with E-state index >= 15 is 0 Å². The van der Waals surface area contributed by atoms with E-state index in [-0.39, 0.29) is 25.5 Å². The second kappa shape index (κ2) is 5.82. The minimum absolute atomic E-state index is 0.0716. The Morgan fingerprint density at radius 3 is 2.58 bits per heavy atom. The number of alkyl halides is 1. The van der Waals surface area contributed by atoms with Crippen LogP contribution in [0.5, 0.6) is 0 Å². The number of hydrogen-bond acceptors (Lipinski definition) is 3. The van der Waals surface area contributed by atoms with Gasteiger partial charge in [0.05, 0.1) is 12.5 Å². The van der Waals surface area contributed by atoms with Crippen molar-refractivity contribution in [3.63, 3.8) is 0 Å². The molecule has 2 atom stereocenters. The van der Waals surface area contributed by atoms with Gasteiger partial charge < -0.3 is 9.64 Å². The van der Waals surface area contributed by atoms with E-state index in [4.69, 9.17) is 4.74 Å². The van der Waals surface area contributed by atoms with Crippen LogP contribution in [0, 0.1) is 5.92 Å². The number of amides is 1. The van der Waals surface area contributed by atoms with E-state index < -0.39 is 18.2 Å². The molecule has 4 nitrogen and oxygen atoms in total. The monoisotopic (exact) mass is 265 g/mol. The van der Waals surface area contributed by atoms with Crippen LogP contribution in [0.15, 0.2) is 30.3 Å². The lowest BCUT2D eigenvalue weighted by atomic mass is 10.0. The largest absolute Gasteiger partial charge is 0.445 e. The summed E-state index contributed by atoms with van der Waals surface area (Å²) in [6, 6.07) is 9.25. The molecule has 0 spiro atoms. The van der Waals surface area contributed by atoms with E-state index in [0.29, 0.717) is 0 Å². The predicted octanol–water partition coefficient (Wildman–Crippen LogP) is 2.18. The first kappa shape index (κ1) is 13.5. The van der Waals surface area contributed by atoms with Gasteiger partial charge in [0, 0.05) is 6.54 Å². The van der Waals surface area contributed by atoms with Crippen LogP contribution in [0.3, 0.4) is 0 Å². The molecule has 1 aliphatic rings. The molecule has 1 aromatic rings. The van der Waals surface area contributed by atoms with Crippen molar-refractivity contribution in [1.29, 1.82) is 0 Å². The molecule has 2 rings (SSSR count). The van der Waals surface area contributed by atoms with Gasteiger partial charge in [0.1, 0.15) is 18.6 Å². The van der Waals surface area contributed by atoms with Gasteiger partial charge in [0.15, 0.2) is 0 Å². The van der Waals surface area contributed by atoms with Crippen LogP contribution in [0.2, 0.25) is 0 Å². The van der Waals surface area contributed by atoms with Crippen molar-refractivity contribution >= 4 is 11.9 Å². The number of nitrogens with zero attached hydrogens (tertiary/aromatic N) is 1. The minimum Gasteiger partial charge on any atom is -0.445 e. The number of carbonyl (C=O) groups is 2. The first-order chi connectivity index (χ1) is 9.08. The summed E-state index contributed by atoms with van der Waals surface area (Å²) < 4.78 is 18.6. The molecule has 0 aliphatic carbocycles. The Morgan fingerprint density at radius 2 is 2.00 bits per heavy atom. The van der Waals surface area contributed by atoms with E-state index in [9.17, 15) is 14.0 Å². The molecule has 1 aliphatic heterocycles. The highest BCUT2D eigenvalue weighted by Gasteiger charge is 2.38. The topological polar surface area (TPSA) is 46.6 Å². The molecule has 0 saturated carbocycles. The summed E-state index contributed by atoms with van der Waals surface area (Å²) in [4.78, 5) is 24.2. The van der Waals surface area contributed by atoms with Crippen LogP contribution in [0.1, 0.15) is 12.5 Å². The summed E-state index contributed by atoms with van der Waals surface area (Å²) in [5.41, 5.74) is 0.870. The third-order valence-corrected chi connectivity index (χ3v) is 3.23. The maximum absolute atomic E-state index is 13.5. The number of ketones is 1. The van der Waals surface area contributed by atoms with Crippen molar-refractivity contribution in [1.82, 2.24) is 4.90 Å². The van der Waals surface area contributed by atoms with Gasteiger partial charge in [-0.15, -0.1) is 0 Å². The highest BCUT2D eigenvalue weighted by molar-refractivity contribution is 5.81. The van der Waals surface area contributed by atoms with E-state index in [2.05, 4.69) is 0 Å². The van der Waals surface area contributed by atoms with Crippen molar-refractivity contribution in [2.24, 2.45) is 5.92 Å². The van der Waals surface area contributed by atoms with Crippen LogP contribution in [-0.4, -0.2) is 36.0 Å². The lowest BCUT2D eigenvalue weighted by Crippen LogP contribution is -2.30. The molecule has 19 heavy (non-hydrogen) atoms. The molecule has 0 aromatic heterocycles. The molecule has 2 unspecified atom stereocenters. The minimum atomic E-state index is -1.29. The Bertz CT molecular complexity index is 463. The van der Waals surface area contributed by atoms with Gasteiger partial charge in [0.25, 0.3) is 0 Å².